The molecule has 0 saturated carbocycles. The predicted octanol–water partition coefficient (Wildman–Crippen LogP) is 3.35. The molecule has 0 amide bonds. The summed E-state index contributed by atoms with van der Waals surface area (Å²) in [5.41, 5.74) is 0.906. The Balaban J connectivity index is 2.17. The number of hydrogen-bond acceptors (Lipinski definition) is 4. The Morgan fingerprint density at radius 3 is 2.85 bits per heavy atom. The summed E-state index contributed by atoms with van der Waals surface area (Å²) in [6.07, 6.45) is 2.56. The zero-order valence-electron chi connectivity index (χ0n) is 11.8. The van der Waals surface area contributed by atoms with Gasteiger partial charge in [0.2, 0.25) is 0 Å². The maximum absolute atomic E-state index is 11.8. The number of carbonyl (C=O) groups excluding carboxylic acids is 1. The Morgan fingerprint density at radius 2 is 2.10 bits per heavy atom. The summed E-state index contributed by atoms with van der Waals surface area (Å²) >= 11 is 0. The minimum Gasteiger partial charge on any atom is -0.477 e. The van der Waals surface area contributed by atoms with Gasteiger partial charge in [-0.1, -0.05) is 31.5 Å². The molecule has 106 valence electrons. The van der Waals surface area contributed by atoms with Gasteiger partial charge in [0, 0.05) is 5.39 Å². The maximum atomic E-state index is 11.8. The van der Waals surface area contributed by atoms with E-state index in [9.17, 15) is 4.79 Å². The number of benzene rings is 1. The van der Waals surface area contributed by atoms with Crippen LogP contribution < -0.4 is 4.74 Å². The van der Waals surface area contributed by atoms with E-state index in [4.69, 9.17) is 9.47 Å². The molecule has 1 aromatic carbocycles. The Morgan fingerprint density at radius 1 is 1.30 bits per heavy atom. The predicted molar refractivity (Wildman–Crippen MR) is 77.7 cm³/mol. The van der Waals surface area contributed by atoms with E-state index in [1.165, 1.54) is 0 Å². The van der Waals surface area contributed by atoms with Crippen molar-refractivity contribution in [2.75, 3.05) is 6.61 Å². The summed E-state index contributed by atoms with van der Waals surface area (Å²) in [7, 11) is 0. The van der Waals surface area contributed by atoms with E-state index in [-0.39, 0.29) is 5.97 Å². The number of fused-ring (bicyclic) bond motifs is 1. The monoisotopic (exact) mass is 273 g/mol. The van der Waals surface area contributed by atoms with E-state index in [2.05, 4.69) is 4.98 Å². The van der Waals surface area contributed by atoms with Crippen molar-refractivity contribution < 1.29 is 14.3 Å². The minimum absolute atomic E-state index is 0.317. The van der Waals surface area contributed by atoms with Crippen molar-refractivity contribution >= 4 is 16.9 Å². The number of aromatic nitrogens is 1. The Bertz CT molecular complexity index is 583. The zero-order valence-corrected chi connectivity index (χ0v) is 11.8. The molecule has 2 aromatic rings. The van der Waals surface area contributed by atoms with Gasteiger partial charge in [-0.2, -0.15) is 0 Å². The second-order valence-electron chi connectivity index (χ2n) is 4.51. The van der Waals surface area contributed by atoms with Gasteiger partial charge in [-0.15, -0.1) is 0 Å². The first-order valence-electron chi connectivity index (χ1n) is 6.92. The van der Waals surface area contributed by atoms with Crippen molar-refractivity contribution in [3.8, 4) is 5.75 Å². The van der Waals surface area contributed by atoms with Crippen LogP contribution in [0.25, 0.3) is 10.9 Å². The lowest BCUT2D eigenvalue weighted by molar-refractivity contribution is -0.151. The standard InChI is InChI=1S/C16H19NO3/c1-3-7-15(16(18)19-4-2)20-13-10-12-8-5-6-9-14(12)17-11-13/h5-6,8-11,15H,3-4,7H2,1-2H3. The van der Waals surface area contributed by atoms with Crippen molar-refractivity contribution in [2.45, 2.75) is 32.8 Å². The first kappa shape index (κ1) is 14.3. The van der Waals surface area contributed by atoms with Crippen molar-refractivity contribution in [1.29, 1.82) is 0 Å². The number of hydrogen-bond donors (Lipinski definition) is 0. The molecule has 0 bridgehead atoms. The Labute approximate surface area is 118 Å². The van der Waals surface area contributed by atoms with Gasteiger partial charge in [0.25, 0.3) is 0 Å². The smallest absolute Gasteiger partial charge is 0.347 e. The third kappa shape index (κ3) is 3.47. The number of ether oxygens (including phenoxy) is 2. The highest BCUT2D eigenvalue weighted by Crippen LogP contribution is 2.20. The molecule has 0 fully saturated rings. The average molecular weight is 273 g/mol. The first-order chi connectivity index (χ1) is 9.74. The van der Waals surface area contributed by atoms with Crippen LogP contribution in [0.3, 0.4) is 0 Å². The molecule has 0 aliphatic rings. The number of para-hydroxylation sites is 1. The summed E-state index contributed by atoms with van der Waals surface area (Å²) in [5, 5.41) is 0.990. The third-order valence-electron chi connectivity index (χ3n) is 2.94. The largest absolute Gasteiger partial charge is 0.477 e. The SMILES string of the molecule is CCCC(Oc1cnc2ccccc2c1)C(=O)OCC. The molecule has 20 heavy (non-hydrogen) atoms. The number of rotatable bonds is 6. The molecule has 0 saturated heterocycles. The van der Waals surface area contributed by atoms with Gasteiger partial charge in [-0.25, -0.2) is 4.79 Å². The van der Waals surface area contributed by atoms with E-state index < -0.39 is 6.10 Å². The molecule has 0 aliphatic heterocycles. The molecular weight excluding hydrogens is 254 g/mol. The highest BCUT2D eigenvalue weighted by molar-refractivity contribution is 5.80. The van der Waals surface area contributed by atoms with Crippen LogP contribution in [0.15, 0.2) is 36.5 Å². The second kappa shape index (κ2) is 6.89. The van der Waals surface area contributed by atoms with Crippen molar-refractivity contribution in [3.63, 3.8) is 0 Å². The van der Waals surface area contributed by atoms with Crippen LogP contribution in [0.4, 0.5) is 0 Å². The summed E-state index contributed by atoms with van der Waals surface area (Å²) in [6.45, 7) is 4.16. The third-order valence-corrected chi connectivity index (χ3v) is 2.94. The molecule has 0 spiro atoms. The number of nitrogens with zero attached hydrogens (tertiary/aromatic N) is 1. The van der Waals surface area contributed by atoms with Gasteiger partial charge in [-0.3, -0.25) is 4.98 Å². The van der Waals surface area contributed by atoms with E-state index in [0.29, 0.717) is 18.8 Å². The maximum Gasteiger partial charge on any atom is 0.347 e. The molecule has 1 atom stereocenters. The fraction of sp³-hybridized carbons (Fsp3) is 0.375. The van der Waals surface area contributed by atoms with Crippen LogP contribution in [-0.2, 0) is 9.53 Å². The minimum atomic E-state index is -0.567. The normalized spacial score (nSPS) is 12.1. The van der Waals surface area contributed by atoms with Crippen LogP contribution >= 0.6 is 0 Å². The van der Waals surface area contributed by atoms with Crippen molar-refractivity contribution in [3.05, 3.63) is 36.5 Å². The highest BCUT2D eigenvalue weighted by atomic mass is 16.6. The van der Waals surface area contributed by atoms with Crippen LogP contribution in [0.5, 0.6) is 5.75 Å². The second-order valence-corrected chi connectivity index (χ2v) is 4.51. The van der Waals surface area contributed by atoms with Crippen LogP contribution in [0, 0.1) is 0 Å². The molecule has 4 heteroatoms. The highest BCUT2D eigenvalue weighted by Gasteiger charge is 2.21. The van der Waals surface area contributed by atoms with Gasteiger partial charge < -0.3 is 9.47 Å². The lowest BCUT2D eigenvalue weighted by atomic mass is 10.2. The van der Waals surface area contributed by atoms with E-state index in [0.717, 1.165) is 17.3 Å². The van der Waals surface area contributed by atoms with Crippen LogP contribution in [0.1, 0.15) is 26.7 Å². The van der Waals surface area contributed by atoms with Crippen molar-refractivity contribution in [2.24, 2.45) is 0 Å². The summed E-state index contributed by atoms with van der Waals surface area (Å²) < 4.78 is 10.8. The zero-order chi connectivity index (χ0) is 14.4. The molecule has 4 nitrogen and oxygen atoms in total. The quantitative estimate of drug-likeness (QED) is 0.757. The molecule has 0 aliphatic carbocycles. The molecule has 1 unspecified atom stereocenters. The topological polar surface area (TPSA) is 48.4 Å². The Kier molecular flexibility index (Phi) is 4.93. The fourth-order valence-corrected chi connectivity index (χ4v) is 2.00. The molecule has 0 radical (unpaired) electrons. The van der Waals surface area contributed by atoms with Gasteiger partial charge in [-0.05, 0) is 25.5 Å². The number of pyridine rings is 1. The first-order valence-corrected chi connectivity index (χ1v) is 6.92. The van der Waals surface area contributed by atoms with Crippen molar-refractivity contribution in [1.82, 2.24) is 4.98 Å². The van der Waals surface area contributed by atoms with E-state index in [1.54, 1.807) is 13.1 Å². The summed E-state index contributed by atoms with van der Waals surface area (Å²) in [5.74, 6) is 0.276. The molecule has 2 rings (SSSR count). The number of carbonyl (C=O) groups is 1. The number of esters is 1. The molecule has 1 aromatic heterocycles. The van der Waals surface area contributed by atoms with Gasteiger partial charge in [0.05, 0.1) is 18.3 Å². The van der Waals surface area contributed by atoms with E-state index >= 15 is 0 Å². The molecule has 0 N–H and O–H groups in total. The van der Waals surface area contributed by atoms with E-state index in [1.807, 2.05) is 37.3 Å². The van der Waals surface area contributed by atoms with Crippen LogP contribution in [-0.4, -0.2) is 23.7 Å². The van der Waals surface area contributed by atoms with Gasteiger partial charge in [0.15, 0.2) is 6.10 Å². The fourth-order valence-electron chi connectivity index (χ4n) is 2.00. The lowest BCUT2D eigenvalue weighted by Gasteiger charge is -2.17. The lowest BCUT2D eigenvalue weighted by Crippen LogP contribution is -2.29. The van der Waals surface area contributed by atoms with Gasteiger partial charge in [0.1, 0.15) is 5.75 Å². The van der Waals surface area contributed by atoms with Crippen LogP contribution in [0.2, 0.25) is 0 Å². The summed E-state index contributed by atoms with van der Waals surface area (Å²) in [4.78, 5) is 16.2. The van der Waals surface area contributed by atoms with Gasteiger partial charge >= 0.3 is 5.97 Å². The average Bonchev–Trinajstić information content (AvgIpc) is 2.47. The summed E-state index contributed by atoms with van der Waals surface area (Å²) in [6, 6.07) is 9.68. The Hall–Kier alpha value is -2.10. The molecule has 1 heterocycles. The molecular formula is C16H19NO3.